The summed E-state index contributed by atoms with van der Waals surface area (Å²) in [5.74, 6) is 0.867. The second kappa shape index (κ2) is 18.5. The van der Waals surface area contributed by atoms with Gasteiger partial charge >= 0.3 is 12.2 Å². The molecule has 276 valence electrons. The fourth-order valence-electron chi connectivity index (χ4n) is 3.62. The van der Waals surface area contributed by atoms with Crippen LogP contribution in [-0.2, 0) is 28.7 Å². The van der Waals surface area contributed by atoms with Gasteiger partial charge in [0.25, 0.3) is 5.91 Å². The molecule has 0 spiro atoms. The summed E-state index contributed by atoms with van der Waals surface area (Å²) in [4.78, 5) is 84.8. The number of likely N-dealkylation sites (N-methyl/N-ethyl adjacent to an activating group) is 4. The molecule has 4 aliphatic rings. The van der Waals surface area contributed by atoms with E-state index < -0.39 is 23.4 Å². The van der Waals surface area contributed by atoms with Gasteiger partial charge in [0.05, 0.1) is 19.6 Å². The number of carbonyl (C=O) groups excluding carboxylic acids is 6. The van der Waals surface area contributed by atoms with Gasteiger partial charge in [0, 0.05) is 42.3 Å². The van der Waals surface area contributed by atoms with Crippen molar-refractivity contribution in [2.75, 3.05) is 68.5 Å². The maximum atomic E-state index is 11.7. The van der Waals surface area contributed by atoms with Crippen LogP contribution in [0, 0.1) is 5.41 Å². The monoisotopic (exact) mass is 716 g/mol. The first-order valence-electron chi connectivity index (χ1n) is 14.6. The number of halogens is 1. The van der Waals surface area contributed by atoms with Crippen molar-refractivity contribution in [2.24, 2.45) is 15.0 Å². The smallest absolute Gasteiger partial charge is 0.437 e. The largest absolute Gasteiger partial charge is 0.443 e. The third-order valence-electron chi connectivity index (χ3n) is 5.72. The van der Waals surface area contributed by atoms with Gasteiger partial charge < -0.3 is 29.1 Å². The molecular weight excluding hydrogens is 668 g/mol. The Morgan fingerprint density at radius 1 is 0.755 bits per heavy atom. The highest BCUT2D eigenvalue weighted by Gasteiger charge is 2.29. The molecule has 3 saturated heterocycles. The molecule has 0 radical (unpaired) electrons. The predicted octanol–water partition coefficient (Wildman–Crippen LogP) is -0.541. The van der Waals surface area contributed by atoms with Crippen molar-refractivity contribution in [2.45, 2.75) is 52.7 Å². The number of hydrogen-bond acceptors (Lipinski definition) is 11. The predicted molar refractivity (Wildman–Crippen MR) is 183 cm³/mol. The van der Waals surface area contributed by atoms with Crippen LogP contribution >= 0.6 is 12.4 Å². The quantitative estimate of drug-likeness (QED) is 0.248. The normalized spacial score (nSPS) is 18.6. The van der Waals surface area contributed by atoms with E-state index in [9.17, 15) is 28.8 Å². The Bertz CT molecular complexity index is 1370. The molecule has 6 amide bonds. The van der Waals surface area contributed by atoms with E-state index in [2.05, 4.69) is 30.9 Å². The van der Waals surface area contributed by atoms with E-state index in [1.807, 2.05) is 7.05 Å². The lowest BCUT2D eigenvalue weighted by Gasteiger charge is -2.26. The number of hydrogen-bond donors (Lipinski definition) is 4. The maximum absolute atomic E-state index is 11.7. The standard InChI is InChI=1S/C10H17N3O3.C9H15N3O3.C5H9N3O.C4H7N3O.ClH/c1-10(2,3)16-9(15)13(5)8-11-7(14)6-12(8)4;1-9(2,3)15-8(14)11-7-10-6(13)5-12(7)4;1-6-5-7-4(9)3-8(5)2;1-7-2-3(8)6-4(7)5;/h6H2,1-5H3;5H2,1-4H3,(H,10,11,13,14);3H2,1-2H3,(H,6,7,9);2H2,1H3,(H2,5,6,8);1H. The summed E-state index contributed by atoms with van der Waals surface area (Å²) in [6.45, 7) is 11.7. The molecule has 4 rings (SSSR count). The molecule has 4 heterocycles. The van der Waals surface area contributed by atoms with Crippen LogP contribution in [0.4, 0.5) is 9.59 Å². The summed E-state index contributed by atoms with van der Waals surface area (Å²) in [5.41, 5.74) is -1.14. The molecule has 0 atom stereocenters. The number of ether oxygens (including phenoxy) is 2. The molecule has 0 saturated carbocycles. The minimum atomic E-state index is -0.702. The highest BCUT2D eigenvalue weighted by Crippen LogP contribution is 2.12. The van der Waals surface area contributed by atoms with Gasteiger partial charge in [0.1, 0.15) is 17.7 Å². The highest BCUT2D eigenvalue weighted by molar-refractivity contribution is 6.07. The van der Waals surface area contributed by atoms with Crippen LogP contribution in [0.15, 0.2) is 15.0 Å². The number of amides is 6. The molecule has 0 aromatic carbocycles. The van der Waals surface area contributed by atoms with Crippen molar-refractivity contribution in [3.05, 3.63) is 0 Å². The van der Waals surface area contributed by atoms with Crippen LogP contribution in [0.1, 0.15) is 41.5 Å². The zero-order valence-electron chi connectivity index (χ0n) is 30.1. The Morgan fingerprint density at radius 2 is 1.20 bits per heavy atom. The van der Waals surface area contributed by atoms with Gasteiger partial charge in [-0.2, -0.15) is 4.99 Å². The average molecular weight is 717 g/mol. The highest BCUT2D eigenvalue weighted by atomic mass is 35.5. The summed E-state index contributed by atoms with van der Waals surface area (Å²) in [7, 11) is 10.1. The van der Waals surface area contributed by atoms with E-state index in [0.717, 1.165) is 0 Å². The Kier molecular flexibility index (Phi) is 16.6. The summed E-state index contributed by atoms with van der Waals surface area (Å²) in [5, 5.41) is 14.4. The van der Waals surface area contributed by atoms with Gasteiger partial charge in [-0.1, -0.05) is 0 Å². The van der Waals surface area contributed by atoms with Gasteiger partial charge in [0.15, 0.2) is 5.96 Å². The first-order chi connectivity index (χ1) is 21.9. The molecule has 3 fully saturated rings. The topological polar surface area (TPSA) is 234 Å². The number of nitrogens with one attached hydrogen (secondary N) is 4. The summed E-state index contributed by atoms with van der Waals surface area (Å²) in [6.07, 6.45) is -1.22. The average Bonchev–Trinajstić information content (AvgIpc) is 3.62. The van der Waals surface area contributed by atoms with Gasteiger partial charge in [-0.3, -0.25) is 50.4 Å². The number of guanidine groups is 4. The fraction of sp³-hybridized carbons (Fsp3) is 0.643. The minimum absolute atomic E-state index is 0. The van der Waals surface area contributed by atoms with Gasteiger partial charge in [-0.05, 0) is 41.5 Å². The van der Waals surface area contributed by atoms with E-state index >= 15 is 0 Å². The third-order valence-corrected chi connectivity index (χ3v) is 5.72. The lowest BCUT2D eigenvalue weighted by atomic mass is 10.2. The van der Waals surface area contributed by atoms with Crippen LogP contribution in [0.2, 0.25) is 0 Å². The van der Waals surface area contributed by atoms with Gasteiger partial charge in [-0.15, -0.1) is 17.4 Å². The van der Waals surface area contributed by atoms with Crippen molar-refractivity contribution in [1.29, 1.82) is 5.41 Å². The first kappa shape index (κ1) is 44.0. The van der Waals surface area contributed by atoms with Crippen molar-refractivity contribution in [3.63, 3.8) is 0 Å². The zero-order chi connectivity index (χ0) is 37.1. The van der Waals surface area contributed by atoms with Gasteiger partial charge in [-0.25, -0.2) is 9.59 Å². The fourth-order valence-corrected chi connectivity index (χ4v) is 3.62. The number of nitrogens with zero attached hydrogens (tertiary/aromatic N) is 8. The van der Waals surface area contributed by atoms with Crippen molar-refractivity contribution >= 4 is 72.1 Å². The Hall–Kier alpha value is -5.01. The van der Waals surface area contributed by atoms with E-state index in [1.165, 1.54) is 11.9 Å². The summed E-state index contributed by atoms with van der Waals surface area (Å²) in [6, 6.07) is 0. The number of carbonyl (C=O) groups is 6. The molecule has 0 aliphatic carbocycles. The molecule has 0 unspecified atom stereocenters. The van der Waals surface area contributed by atoms with Crippen molar-refractivity contribution < 1.29 is 38.2 Å². The first-order valence-corrected chi connectivity index (χ1v) is 14.6. The number of rotatable bonds is 0. The molecule has 20 nitrogen and oxygen atoms in total. The summed E-state index contributed by atoms with van der Waals surface area (Å²) >= 11 is 0. The zero-order valence-corrected chi connectivity index (χ0v) is 30.9. The van der Waals surface area contributed by atoms with Crippen LogP contribution in [0.25, 0.3) is 0 Å². The van der Waals surface area contributed by atoms with Crippen LogP contribution in [0.3, 0.4) is 0 Å². The number of aliphatic imine (C=N–C) groups is 3. The molecule has 4 N–H and O–H groups in total. The van der Waals surface area contributed by atoms with Crippen LogP contribution in [0.5, 0.6) is 0 Å². The molecule has 0 aromatic heterocycles. The molecule has 0 bridgehead atoms. The molecule has 21 heteroatoms. The maximum Gasteiger partial charge on any atom is 0.437 e. The SMILES string of the molecule is CN1CC(=O)N=C1N(C)C(=O)OC(C)(C)C.CN1CC(=O)NC1=N.CN1CC(=O)NC1=NC(=O)OC(C)(C)C.CN=C1NC(=O)CN1C.Cl. The molecular formula is C28H49ClN12O8. The van der Waals surface area contributed by atoms with Gasteiger partial charge in [0.2, 0.25) is 35.6 Å². The lowest BCUT2D eigenvalue weighted by molar-refractivity contribution is -0.119. The van der Waals surface area contributed by atoms with Crippen LogP contribution < -0.4 is 16.0 Å². The summed E-state index contributed by atoms with van der Waals surface area (Å²) < 4.78 is 10.1. The molecule has 4 aliphatic heterocycles. The Morgan fingerprint density at radius 3 is 1.49 bits per heavy atom. The lowest BCUT2D eigenvalue weighted by Crippen LogP contribution is -2.43. The van der Waals surface area contributed by atoms with E-state index in [0.29, 0.717) is 25.0 Å². The third kappa shape index (κ3) is 16.1. The van der Waals surface area contributed by atoms with Crippen LogP contribution in [-0.4, -0.2) is 164 Å². The van der Waals surface area contributed by atoms with Crippen molar-refractivity contribution in [1.82, 2.24) is 40.4 Å². The van der Waals surface area contributed by atoms with E-state index in [4.69, 9.17) is 14.9 Å². The van der Waals surface area contributed by atoms with E-state index in [1.54, 1.807) is 89.3 Å². The second-order valence-electron chi connectivity index (χ2n) is 12.7. The second-order valence-corrected chi connectivity index (χ2v) is 12.7. The minimum Gasteiger partial charge on any atom is -0.443 e. The molecule has 49 heavy (non-hydrogen) atoms. The molecule has 0 aromatic rings. The van der Waals surface area contributed by atoms with E-state index in [-0.39, 0.29) is 61.0 Å². The Balaban J connectivity index is 0.000000646. The van der Waals surface area contributed by atoms with Crippen molar-refractivity contribution in [3.8, 4) is 0 Å². The Labute approximate surface area is 292 Å².